The van der Waals surface area contributed by atoms with Crippen LogP contribution >= 0.6 is 0 Å². The molecule has 1 heterocycles. The van der Waals surface area contributed by atoms with E-state index in [2.05, 4.69) is 10.3 Å². The Morgan fingerprint density at radius 2 is 2.27 bits per heavy atom. The van der Waals surface area contributed by atoms with Crippen LogP contribution in [0.5, 0.6) is 5.88 Å². The van der Waals surface area contributed by atoms with Crippen LogP contribution in [0.3, 0.4) is 0 Å². The van der Waals surface area contributed by atoms with Crippen molar-refractivity contribution in [2.45, 2.75) is 19.9 Å². The van der Waals surface area contributed by atoms with Gasteiger partial charge in [-0.05, 0) is 12.1 Å². The minimum atomic E-state index is -2.46. The number of hydrogen-bond acceptors (Lipinski definition) is 3. The van der Waals surface area contributed by atoms with Crippen LogP contribution in [-0.4, -0.2) is 24.6 Å². The molecule has 0 saturated carbocycles. The molecule has 0 amide bonds. The first-order valence-corrected chi connectivity index (χ1v) is 4.79. The third-order valence-electron chi connectivity index (χ3n) is 1.73. The second-order valence-electron chi connectivity index (χ2n) is 2.99. The lowest BCUT2D eigenvalue weighted by Gasteiger charge is -2.05. The van der Waals surface area contributed by atoms with Gasteiger partial charge in [-0.1, -0.05) is 13.0 Å². The van der Waals surface area contributed by atoms with Crippen LogP contribution < -0.4 is 10.1 Å². The van der Waals surface area contributed by atoms with Gasteiger partial charge in [0.2, 0.25) is 5.88 Å². The lowest BCUT2D eigenvalue weighted by molar-refractivity contribution is 0.0796. The largest absolute Gasteiger partial charge is 0.472 e. The molecule has 1 N–H and O–H groups in total. The van der Waals surface area contributed by atoms with Crippen LogP contribution in [0.4, 0.5) is 8.78 Å². The molecule has 1 rings (SSSR count). The maximum atomic E-state index is 11.8. The molecule has 0 saturated heterocycles. The maximum absolute atomic E-state index is 11.8. The Morgan fingerprint density at radius 1 is 1.47 bits per heavy atom. The Morgan fingerprint density at radius 3 is 2.80 bits per heavy atom. The summed E-state index contributed by atoms with van der Waals surface area (Å²) in [6.45, 7) is 3.00. The van der Waals surface area contributed by atoms with Crippen molar-refractivity contribution in [3.63, 3.8) is 0 Å². The molecular formula is C10H14F2N2O. The molecule has 0 bridgehead atoms. The van der Waals surface area contributed by atoms with E-state index in [0.29, 0.717) is 0 Å². The average Bonchev–Trinajstić information content (AvgIpc) is 2.25. The topological polar surface area (TPSA) is 34.1 Å². The Bertz CT molecular complexity index is 277. The van der Waals surface area contributed by atoms with Crippen LogP contribution in [0, 0.1) is 0 Å². The van der Waals surface area contributed by atoms with E-state index in [1.165, 1.54) is 0 Å². The Labute approximate surface area is 87.5 Å². The van der Waals surface area contributed by atoms with Gasteiger partial charge in [0.05, 0.1) is 0 Å². The molecule has 0 atom stereocenters. The Kier molecular flexibility index (Phi) is 4.97. The minimum Gasteiger partial charge on any atom is -0.472 e. The van der Waals surface area contributed by atoms with Gasteiger partial charge in [0.25, 0.3) is 6.43 Å². The number of pyridine rings is 1. The summed E-state index contributed by atoms with van der Waals surface area (Å²) in [4.78, 5) is 3.91. The molecule has 0 spiro atoms. The summed E-state index contributed by atoms with van der Waals surface area (Å²) < 4.78 is 28.4. The predicted molar refractivity (Wildman–Crippen MR) is 53.1 cm³/mol. The van der Waals surface area contributed by atoms with Crippen molar-refractivity contribution in [1.29, 1.82) is 0 Å². The highest BCUT2D eigenvalue weighted by Gasteiger charge is 2.03. The first kappa shape index (κ1) is 11.8. The van der Waals surface area contributed by atoms with Gasteiger partial charge in [0, 0.05) is 18.8 Å². The second kappa shape index (κ2) is 6.29. The smallest absolute Gasteiger partial charge is 0.272 e. The number of nitrogens with zero attached hydrogens (tertiary/aromatic N) is 1. The molecular weight excluding hydrogens is 202 g/mol. The van der Waals surface area contributed by atoms with E-state index in [4.69, 9.17) is 4.74 Å². The maximum Gasteiger partial charge on any atom is 0.272 e. The van der Waals surface area contributed by atoms with Crippen molar-refractivity contribution in [2.24, 2.45) is 0 Å². The average molecular weight is 216 g/mol. The van der Waals surface area contributed by atoms with Crippen LogP contribution in [-0.2, 0) is 6.54 Å². The van der Waals surface area contributed by atoms with Crippen LogP contribution in [0.25, 0.3) is 0 Å². The highest BCUT2D eigenvalue weighted by atomic mass is 19.3. The van der Waals surface area contributed by atoms with E-state index >= 15 is 0 Å². The van der Waals surface area contributed by atoms with E-state index in [-0.39, 0.29) is 5.88 Å². The van der Waals surface area contributed by atoms with E-state index in [1.54, 1.807) is 18.3 Å². The lowest BCUT2D eigenvalue weighted by atomic mass is 10.3. The fraction of sp³-hybridized carbons (Fsp3) is 0.500. The van der Waals surface area contributed by atoms with E-state index in [0.717, 1.165) is 18.7 Å². The predicted octanol–water partition coefficient (Wildman–Crippen LogP) is 1.83. The van der Waals surface area contributed by atoms with Crippen LogP contribution in [0.15, 0.2) is 18.3 Å². The van der Waals surface area contributed by atoms with Crippen LogP contribution in [0.2, 0.25) is 0 Å². The van der Waals surface area contributed by atoms with Crippen molar-refractivity contribution in [2.75, 3.05) is 13.2 Å². The van der Waals surface area contributed by atoms with Gasteiger partial charge in [0.15, 0.2) is 6.61 Å². The summed E-state index contributed by atoms with van der Waals surface area (Å²) in [5.74, 6) is 0.232. The normalized spacial score (nSPS) is 10.7. The molecule has 84 valence electrons. The molecule has 0 aliphatic rings. The minimum absolute atomic E-state index is 0.232. The second-order valence-corrected chi connectivity index (χ2v) is 2.99. The van der Waals surface area contributed by atoms with Gasteiger partial charge in [0.1, 0.15) is 0 Å². The number of alkyl halides is 2. The number of rotatable bonds is 6. The summed E-state index contributed by atoms with van der Waals surface area (Å²) in [6, 6.07) is 3.39. The third-order valence-corrected chi connectivity index (χ3v) is 1.73. The van der Waals surface area contributed by atoms with E-state index < -0.39 is 13.0 Å². The number of hydrogen-bond donors (Lipinski definition) is 1. The van der Waals surface area contributed by atoms with E-state index in [9.17, 15) is 8.78 Å². The first-order valence-electron chi connectivity index (χ1n) is 4.79. The fourth-order valence-electron chi connectivity index (χ4n) is 1.02. The van der Waals surface area contributed by atoms with Gasteiger partial charge < -0.3 is 10.1 Å². The quantitative estimate of drug-likeness (QED) is 0.787. The van der Waals surface area contributed by atoms with Crippen molar-refractivity contribution >= 4 is 0 Å². The molecule has 1 aromatic heterocycles. The number of nitrogens with one attached hydrogen (secondary N) is 1. The fourth-order valence-corrected chi connectivity index (χ4v) is 1.02. The molecule has 15 heavy (non-hydrogen) atoms. The summed E-state index contributed by atoms with van der Waals surface area (Å²) in [6.07, 6.45) is -0.850. The van der Waals surface area contributed by atoms with Crippen molar-refractivity contribution < 1.29 is 13.5 Å². The zero-order valence-electron chi connectivity index (χ0n) is 8.54. The summed E-state index contributed by atoms with van der Waals surface area (Å²) in [5, 5.41) is 3.13. The summed E-state index contributed by atoms with van der Waals surface area (Å²) >= 11 is 0. The van der Waals surface area contributed by atoms with E-state index in [1.807, 2.05) is 6.92 Å². The van der Waals surface area contributed by atoms with Gasteiger partial charge in [-0.3, -0.25) is 0 Å². The molecule has 0 unspecified atom stereocenters. The number of halogens is 2. The molecule has 1 aromatic rings. The standard InChI is InChI=1S/C10H14F2N2O/c1-2-13-5-8-3-4-10(14-6-8)15-7-9(11)12/h3-4,6,9,13H,2,5,7H2,1H3. The molecule has 0 aliphatic carbocycles. The third kappa shape index (κ3) is 4.69. The summed E-state index contributed by atoms with van der Waals surface area (Å²) in [7, 11) is 0. The highest BCUT2D eigenvalue weighted by molar-refractivity contribution is 5.17. The SMILES string of the molecule is CCNCc1ccc(OCC(F)F)nc1. The summed E-state index contributed by atoms with van der Waals surface area (Å²) in [5.41, 5.74) is 1.00. The Hall–Kier alpha value is -1.23. The van der Waals surface area contributed by atoms with Gasteiger partial charge in [-0.15, -0.1) is 0 Å². The lowest BCUT2D eigenvalue weighted by Crippen LogP contribution is -2.12. The highest BCUT2D eigenvalue weighted by Crippen LogP contribution is 2.08. The van der Waals surface area contributed by atoms with Crippen molar-refractivity contribution in [1.82, 2.24) is 10.3 Å². The zero-order valence-corrected chi connectivity index (χ0v) is 8.54. The molecule has 3 nitrogen and oxygen atoms in total. The van der Waals surface area contributed by atoms with Crippen molar-refractivity contribution in [3.8, 4) is 5.88 Å². The molecule has 0 fully saturated rings. The number of ether oxygens (including phenoxy) is 1. The molecule has 0 aromatic carbocycles. The monoisotopic (exact) mass is 216 g/mol. The zero-order chi connectivity index (χ0) is 11.1. The molecule has 0 aliphatic heterocycles. The van der Waals surface area contributed by atoms with Gasteiger partial charge in [-0.2, -0.15) is 0 Å². The Balaban J connectivity index is 2.41. The van der Waals surface area contributed by atoms with Gasteiger partial charge in [-0.25, -0.2) is 13.8 Å². The number of aromatic nitrogens is 1. The molecule has 5 heteroatoms. The van der Waals surface area contributed by atoms with Gasteiger partial charge >= 0.3 is 0 Å². The van der Waals surface area contributed by atoms with Crippen LogP contribution in [0.1, 0.15) is 12.5 Å². The van der Waals surface area contributed by atoms with Crippen molar-refractivity contribution in [3.05, 3.63) is 23.9 Å². The first-order chi connectivity index (χ1) is 7.22. The molecule has 0 radical (unpaired) electrons.